The van der Waals surface area contributed by atoms with Crippen molar-refractivity contribution in [2.45, 2.75) is 6.42 Å². The highest BCUT2D eigenvalue weighted by Crippen LogP contribution is 2.33. The zero-order valence-electron chi connectivity index (χ0n) is 10.9. The molecule has 0 radical (unpaired) electrons. The Hall–Kier alpha value is -2.95. The third-order valence-corrected chi connectivity index (χ3v) is 3.17. The van der Waals surface area contributed by atoms with E-state index >= 15 is 0 Å². The van der Waals surface area contributed by atoms with Crippen molar-refractivity contribution < 1.29 is 24.9 Å². The van der Waals surface area contributed by atoms with Crippen molar-refractivity contribution in [2.75, 3.05) is 0 Å². The molecule has 0 unspecified atom stereocenters. The second-order valence-electron chi connectivity index (χ2n) is 4.74. The van der Waals surface area contributed by atoms with E-state index < -0.39 is 0 Å². The van der Waals surface area contributed by atoms with Gasteiger partial charge in [0, 0.05) is 6.07 Å². The van der Waals surface area contributed by atoms with Crippen molar-refractivity contribution in [2.24, 2.45) is 0 Å². The molecule has 5 heteroatoms. The molecule has 3 N–H and O–H groups in total. The fraction of sp³-hybridized carbons (Fsp3) is 0.0625. The number of hydrogen-bond acceptors (Lipinski definition) is 5. The number of aromatic hydroxyl groups is 3. The molecule has 0 fully saturated rings. The van der Waals surface area contributed by atoms with E-state index in [1.807, 2.05) is 0 Å². The van der Waals surface area contributed by atoms with E-state index in [0.717, 1.165) is 0 Å². The molecule has 3 rings (SSSR count). The van der Waals surface area contributed by atoms with Crippen LogP contribution in [-0.2, 0) is 0 Å². The van der Waals surface area contributed by atoms with Gasteiger partial charge in [-0.1, -0.05) is 6.07 Å². The van der Waals surface area contributed by atoms with E-state index in [2.05, 4.69) is 0 Å². The van der Waals surface area contributed by atoms with E-state index in [9.17, 15) is 20.1 Å². The molecule has 0 aliphatic carbocycles. The van der Waals surface area contributed by atoms with Gasteiger partial charge < -0.3 is 20.1 Å². The van der Waals surface area contributed by atoms with E-state index in [1.165, 1.54) is 30.3 Å². The average Bonchev–Trinajstić information content (AvgIpc) is 2.42. The Morgan fingerprint density at radius 2 is 1.81 bits per heavy atom. The van der Waals surface area contributed by atoms with Gasteiger partial charge >= 0.3 is 0 Å². The van der Waals surface area contributed by atoms with Crippen molar-refractivity contribution in [3.05, 3.63) is 53.3 Å². The van der Waals surface area contributed by atoms with Crippen LogP contribution in [-0.4, -0.2) is 21.1 Å². The number of hydrogen-bond donors (Lipinski definition) is 3. The van der Waals surface area contributed by atoms with Gasteiger partial charge in [-0.3, -0.25) is 4.79 Å². The first-order chi connectivity index (χ1) is 10.0. The minimum absolute atomic E-state index is 0.0186. The standard InChI is InChI=1S/C16H12O5/c17-10-2-3-12-14(19)8-11(21-16(12)7-10)5-9-1-4-13(18)15(20)6-9/h1-7,17-18,20H,8H2/b11-5+. The number of fused-ring (bicyclic) bond motifs is 1. The Bertz CT molecular complexity index is 761. The largest absolute Gasteiger partial charge is 0.508 e. The van der Waals surface area contributed by atoms with Gasteiger partial charge in [-0.15, -0.1) is 0 Å². The topological polar surface area (TPSA) is 87.0 Å². The number of ketones is 1. The number of rotatable bonds is 1. The summed E-state index contributed by atoms with van der Waals surface area (Å²) in [4.78, 5) is 12.0. The van der Waals surface area contributed by atoms with Crippen molar-refractivity contribution in [1.29, 1.82) is 0 Å². The molecule has 1 aliphatic rings. The second kappa shape index (κ2) is 4.86. The smallest absolute Gasteiger partial charge is 0.174 e. The summed E-state index contributed by atoms with van der Waals surface area (Å²) >= 11 is 0. The number of Topliss-reactive ketones (excluding diaryl/α,β-unsaturated/α-hetero) is 1. The van der Waals surface area contributed by atoms with Crippen LogP contribution in [0, 0.1) is 0 Å². The molecular formula is C16H12O5. The summed E-state index contributed by atoms with van der Waals surface area (Å²) in [5.41, 5.74) is 1.02. The van der Waals surface area contributed by atoms with E-state index in [1.54, 1.807) is 12.1 Å². The first kappa shape index (κ1) is 13.1. The van der Waals surface area contributed by atoms with Crippen molar-refractivity contribution in [3.63, 3.8) is 0 Å². The maximum atomic E-state index is 12.0. The van der Waals surface area contributed by atoms with Crippen LogP contribution in [0.2, 0.25) is 0 Å². The maximum Gasteiger partial charge on any atom is 0.174 e. The zero-order valence-corrected chi connectivity index (χ0v) is 10.9. The molecule has 21 heavy (non-hydrogen) atoms. The normalized spacial score (nSPS) is 15.6. The molecule has 0 saturated heterocycles. The summed E-state index contributed by atoms with van der Waals surface area (Å²) in [5.74, 6) is 0.164. The summed E-state index contributed by atoms with van der Waals surface area (Å²) < 4.78 is 5.59. The van der Waals surface area contributed by atoms with Gasteiger partial charge in [0.1, 0.15) is 17.3 Å². The van der Waals surface area contributed by atoms with Crippen LogP contribution in [0.3, 0.4) is 0 Å². The molecular weight excluding hydrogens is 272 g/mol. The Morgan fingerprint density at radius 3 is 2.57 bits per heavy atom. The fourth-order valence-corrected chi connectivity index (χ4v) is 2.15. The van der Waals surface area contributed by atoms with Gasteiger partial charge in [0.2, 0.25) is 0 Å². The minimum atomic E-state index is -0.246. The Morgan fingerprint density at radius 1 is 1.00 bits per heavy atom. The minimum Gasteiger partial charge on any atom is -0.508 e. The lowest BCUT2D eigenvalue weighted by molar-refractivity contribution is 0.0965. The van der Waals surface area contributed by atoms with E-state index in [4.69, 9.17) is 4.74 Å². The van der Waals surface area contributed by atoms with Gasteiger partial charge in [-0.05, 0) is 35.9 Å². The zero-order chi connectivity index (χ0) is 15.0. The second-order valence-corrected chi connectivity index (χ2v) is 4.74. The highest BCUT2D eigenvalue weighted by Gasteiger charge is 2.22. The Balaban J connectivity index is 1.96. The van der Waals surface area contributed by atoms with Gasteiger partial charge in [0.25, 0.3) is 0 Å². The van der Waals surface area contributed by atoms with Crippen LogP contribution >= 0.6 is 0 Å². The average molecular weight is 284 g/mol. The molecule has 5 nitrogen and oxygen atoms in total. The molecule has 0 saturated carbocycles. The van der Waals surface area contributed by atoms with Crippen LogP contribution in [0.25, 0.3) is 6.08 Å². The summed E-state index contributed by atoms with van der Waals surface area (Å²) in [6, 6.07) is 8.66. The number of ether oxygens (including phenoxy) is 1. The van der Waals surface area contributed by atoms with Crippen molar-refractivity contribution in [1.82, 2.24) is 0 Å². The molecule has 1 aliphatic heterocycles. The van der Waals surface area contributed by atoms with Crippen molar-refractivity contribution in [3.8, 4) is 23.0 Å². The molecule has 2 aromatic rings. The predicted molar refractivity (Wildman–Crippen MR) is 75.4 cm³/mol. The molecule has 106 valence electrons. The van der Waals surface area contributed by atoms with Gasteiger partial charge in [0.15, 0.2) is 17.3 Å². The first-order valence-electron chi connectivity index (χ1n) is 6.29. The summed E-state index contributed by atoms with van der Waals surface area (Å²) in [6.07, 6.45) is 1.70. The fourth-order valence-electron chi connectivity index (χ4n) is 2.15. The molecule has 0 spiro atoms. The molecule has 0 atom stereocenters. The lowest BCUT2D eigenvalue weighted by Crippen LogP contribution is -2.13. The first-order valence-corrected chi connectivity index (χ1v) is 6.29. The number of phenols is 3. The van der Waals surface area contributed by atoms with Gasteiger partial charge in [-0.25, -0.2) is 0 Å². The third kappa shape index (κ3) is 2.53. The molecule has 0 amide bonds. The number of benzene rings is 2. The maximum absolute atomic E-state index is 12.0. The van der Waals surface area contributed by atoms with Gasteiger partial charge in [-0.2, -0.15) is 0 Å². The number of allylic oxidation sites excluding steroid dienone is 1. The van der Waals surface area contributed by atoms with Crippen LogP contribution < -0.4 is 4.74 Å². The molecule has 1 heterocycles. The molecule has 0 aromatic heterocycles. The lowest BCUT2D eigenvalue weighted by atomic mass is 10.0. The Kier molecular flexibility index (Phi) is 3.02. The highest BCUT2D eigenvalue weighted by atomic mass is 16.5. The highest BCUT2D eigenvalue weighted by molar-refractivity contribution is 6.01. The van der Waals surface area contributed by atoms with Gasteiger partial charge in [0.05, 0.1) is 12.0 Å². The van der Waals surface area contributed by atoms with E-state index in [0.29, 0.717) is 22.6 Å². The third-order valence-electron chi connectivity index (χ3n) is 3.17. The van der Waals surface area contributed by atoms with Crippen LogP contribution in [0.4, 0.5) is 0 Å². The Labute approximate surface area is 120 Å². The molecule has 2 aromatic carbocycles. The summed E-state index contributed by atoms with van der Waals surface area (Å²) in [7, 11) is 0. The summed E-state index contributed by atoms with van der Waals surface area (Å²) in [5, 5.41) is 28.2. The molecule has 0 bridgehead atoms. The predicted octanol–water partition coefficient (Wildman–Crippen LogP) is 2.81. The van der Waals surface area contributed by atoms with E-state index in [-0.39, 0.29) is 29.5 Å². The number of carbonyl (C=O) groups excluding carboxylic acids is 1. The number of phenolic OH excluding ortho intramolecular Hbond substituents is 3. The monoisotopic (exact) mass is 284 g/mol. The SMILES string of the molecule is O=C1C/C(=C\c2ccc(O)c(O)c2)Oc2cc(O)ccc21. The van der Waals surface area contributed by atoms with Crippen LogP contribution in [0.15, 0.2) is 42.2 Å². The van der Waals surface area contributed by atoms with Crippen molar-refractivity contribution >= 4 is 11.9 Å². The quantitative estimate of drug-likeness (QED) is 0.701. The summed E-state index contributed by atoms with van der Waals surface area (Å²) in [6.45, 7) is 0. The lowest BCUT2D eigenvalue weighted by Gasteiger charge is -2.18. The van der Waals surface area contributed by atoms with Crippen LogP contribution in [0.5, 0.6) is 23.0 Å². The number of carbonyl (C=O) groups is 1. The van der Waals surface area contributed by atoms with Crippen LogP contribution in [0.1, 0.15) is 22.3 Å².